The third-order valence-electron chi connectivity index (χ3n) is 3.77. The Balaban J connectivity index is 1.80. The van der Waals surface area contributed by atoms with Gasteiger partial charge in [-0.15, -0.1) is 0 Å². The van der Waals surface area contributed by atoms with E-state index in [1.807, 2.05) is 0 Å². The van der Waals surface area contributed by atoms with E-state index in [9.17, 15) is 5.11 Å². The minimum atomic E-state index is -0.200. The van der Waals surface area contributed by atoms with Gasteiger partial charge in [0.2, 0.25) is 17.8 Å². The Hall–Kier alpha value is -1.63. The summed E-state index contributed by atoms with van der Waals surface area (Å²) in [7, 11) is 0. The number of aliphatic hydroxyl groups excluding tert-OH is 1. The minimum Gasteiger partial charge on any atom is -0.393 e. The number of hydrogen-bond acceptors (Lipinski definition) is 7. The maximum atomic E-state index is 9.54. The Morgan fingerprint density at radius 2 is 1.42 bits per heavy atom. The number of nitrogens with two attached hydrogens (primary N) is 1. The van der Waals surface area contributed by atoms with E-state index in [2.05, 4.69) is 24.8 Å². The number of aromatic nitrogens is 3. The van der Waals surface area contributed by atoms with Gasteiger partial charge < -0.3 is 20.6 Å². The van der Waals surface area contributed by atoms with Crippen LogP contribution in [-0.4, -0.2) is 52.3 Å². The molecule has 0 unspecified atom stereocenters. The summed E-state index contributed by atoms with van der Waals surface area (Å²) in [4.78, 5) is 17.2. The molecule has 0 spiro atoms. The van der Waals surface area contributed by atoms with E-state index < -0.39 is 0 Å². The standard InChI is InChI=1S/C12H20N6O/c13-10-14-11(17-5-1-2-6-17)16-12(15-10)18-7-3-9(19)4-8-18/h9,19H,1-8H2,(H2,13,14,15,16). The number of anilines is 3. The molecule has 2 aliphatic heterocycles. The molecule has 3 rings (SSSR count). The fourth-order valence-corrected chi connectivity index (χ4v) is 2.64. The van der Waals surface area contributed by atoms with Gasteiger partial charge in [-0.05, 0) is 25.7 Å². The fourth-order valence-electron chi connectivity index (χ4n) is 2.64. The molecule has 3 N–H and O–H groups in total. The largest absolute Gasteiger partial charge is 0.393 e. The summed E-state index contributed by atoms with van der Waals surface area (Å²) in [5.41, 5.74) is 5.80. The molecule has 104 valence electrons. The minimum absolute atomic E-state index is 0.200. The molecule has 0 atom stereocenters. The van der Waals surface area contributed by atoms with Gasteiger partial charge in [0.15, 0.2) is 0 Å². The first-order chi connectivity index (χ1) is 9.22. The Labute approximate surface area is 112 Å². The fraction of sp³-hybridized carbons (Fsp3) is 0.750. The molecule has 3 heterocycles. The summed E-state index contributed by atoms with van der Waals surface area (Å²) in [5, 5.41) is 9.54. The molecule has 0 radical (unpaired) electrons. The van der Waals surface area contributed by atoms with Gasteiger partial charge in [-0.2, -0.15) is 15.0 Å². The lowest BCUT2D eigenvalue weighted by Gasteiger charge is -2.30. The molecule has 7 nitrogen and oxygen atoms in total. The molecule has 0 amide bonds. The van der Waals surface area contributed by atoms with Gasteiger partial charge in [-0.25, -0.2) is 0 Å². The Morgan fingerprint density at radius 3 is 2.00 bits per heavy atom. The van der Waals surface area contributed by atoms with Gasteiger partial charge in [0, 0.05) is 26.2 Å². The van der Waals surface area contributed by atoms with E-state index in [4.69, 9.17) is 5.73 Å². The van der Waals surface area contributed by atoms with E-state index in [1.54, 1.807) is 0 Å². The Morgan fingerprint density at radius 1 is 0.895 bits per heavy atom. The van der Waals surface area contributed by atoms with E-state index in [0.717, 1.165) is 39.0 Å². The number of aliphatic hydroxyl groups is 1. The highest BCUT2D eigenvalue weighted by Gasteiger charge is 2.22. The second-order valence-corrected chi connectivity index (χ2v) is 5.21. The highest BCUT2D eigenvalue weighted by Crippen LogP contribution is 2.21. The van der Waals surface area contributed by atoms with Gasteiger partial charge in [-0.1, -0.05) is 0 Å². The maximum Gasteiger partial charge on any atom is 0.231 e. The molecule has 7 heteroatoms. The highest BCUT2D eigenvalue weighted by atomic mass is 16.3. The van der Waals surface area contributed by atoms with Crippen LogP contribution in [-0.2, 0) is 0 Å². The zero-order chi connectivity index (χ0) is 13.2. The first-order valence-corrected chi connectivity index (χ1v) is 6.92. The van der Waals surface area contributed by atoms with Crippen molar-refractivity contribution in [2.75, 3.05) is 41.7 Å². The number of piperidine rings is 1. The van der Waals surface area contributed by atoms with Crippen molar-refractivity contribution in [2.45, 2.75) is 31.8 Å². The summed E-state index contributed by atoms with van der Waals surface area (Å²) in [5.74, 6) is 1.60. The normalized spacial score (nSPS) is 21.1. The molecule has 1 aromatic heterocycles. The van der Waals surface area contributed by atoms with E-state index in [0.29, 0.717) is 11.9 Å². The summed E-state index contributed by atoms with van der Waals surface area (Å²) in [6.07, 6.45) is 3.66. The average Bonchev–Trinajstić information content (AvgIpc) is 2.93. The SMILES string of the molecule is Nc1nc(N2CCCC2)nc(N2CCC(O)CC2)n1. The van der Waals surface area contributed by atoms with E-state index in [-0.39, 0.29) is 12.1 Å². The van der Waals surface area contributed by atoms with Crippen molar-refractivity contribution in [3.63, 3.8) is 0 Å². The number of hydrogen-bond donors (Lipinski definition) is 2. The van der Waals surface area contributed by atoms with Crippen molar-refractivity contribution in [3.8, 4) is 0 Å². The summed E-state index contributed by atoms with van der Waals surface area (Å²) >= 11 is 0. The lowest BCUT2D eigenvalue weighted by Crippen LogP contribution is -2.37. The van der Waals surface area contributed by atoms with Gasteiger partial charge in [0.1, 0.15) is 0 Å². The van der Waals surface area contributed by atoms with Crippen molar-refractivity contribution in [2.24, 2.45) is 0 Å². The predicted octanol–water partition coefficient (Wildman–Crippen LogP) is 0.0151. The zero-order valence-corrected chi connectivity index (χ0v) is 11.0. The molecule has 1 aromatic rings. The molecular weight excluding hydrogens is 244 g/mol. The average molecular weight is 264 g/mol. The quantitative estimate of drug-likeness (QED) is 0.777. The molecule has 0 aliphatic carbocycles. The van der Waals surface area contributed by atoms with Crippen LogP contribution in [0.15, 0.2) is 0 Å². The van der Waals surface area contributed by atoms with Crippen LogP contribution in [0.1, 0.15) is 25.7 Å². The van der Waals surface area contributed by atoms with Crippen molar-refractivity contribution in [1.29, 1.82) is 0 Å². The summed E-state index contributed by atoms with van der Waals surface area (Å²) < 4.78 is 0. The van der Waals surface area contributed by atoms with Crippen molar-refractivity contribution >= 4 is 17.8 Å². The Kier molecular flexibility index (Phi) is 3.37. The monoisotopic (exact) mass is 264 g/mol. The lowest BCUT2D eigenvalue weighted by atomic mass is 10.1. The second kappa shape index (κ2) is 5.16. The number of rotatable bonds is 2. The first kappa shape index (κ1) is 12.4. The Bertz CT molecular complexity index is 440. The molecular formula is C12H20N6O. The van der Waals surface area contributed by atoms with E-state index in [1.165, 1.54) is 12.8 Å². The lowest BCUT2D eigenvalue weighted by molar-refractivity contribution is 0.145. The van der Waals surface area contributed by atoms with Gasteiger partial charge in [0.05, 0.1) is 6.10 Å². The van der Waals surface area contributed by atoms with Crippen LogP contribution in [0.5, 0.6) is 0 Å². The van der Waals surface area contributed by atoms with Gasteiger partial charge >= 0.3 is 0 Å². The second-order valence-electron chi connectivity index (χ2n) is 5.21. The zero-order valence-electron chi connectivity index (χ0n) is 11.0. The van der Waals surface area contributed by atoms with E-state index >= 15 is 0 Å². The smallest absolute Gasteiger partial charge is 0.231 e. The molecule has 19 heavy (non-hydrogen) atoms. The van der Waals surface area contributed by atoms with Crippen LogP contribution in [0, 0.1) is 0 Å². The van der Waals surface area contributed by atoms with Crippen LogP contribution >= 0.6 is 0 Å². The van der Waals surface area contributed by atoms with Crippen LogP contribution in [0.25, 0.3) is 0 Å². The molecule has 0 bridgehead atoms. The number of nitrogens with zero attached hydrogens (tertiary/aromatic N) is 5. The van der Waals surface area contributed by atoms with Crippen LogP contribution in [0.4, 0.5) is 17.8 Å². The third-order valence-corrected chi connectivity index (χ3v) is 3.77. The van der Waals surface area contributed by atoms with Crippen LogP contribution in [0.2, 0.25) is 0 Å². The first-order valence-electron chi connectivity index (χ1n) is 6.92. The van der Waals surface area contributed by atoms with Crippen molar-refractivity contribution in [3.05, 3.63) is 0 Å². The van der Waals surface area contributed by atoms with Crippen molar-refractivity contribution < 1.29 is 5.11 Å². The molecule has 0 aromatic carbocycles. The number of nitrogen functional groups attached to an aromatic ring is 1. The highest BCUT2D eigenvalue weighted by molar-refractivity contribution is 5.44. The van der Waals surface area contributed by atoms with Gasteiger partial charge in [-0.3, -0.25) is 0 Å². The van der Waals surface area contributed by atoms with Crippen LogP contribution < -0.4 is 15.5 Å². The molecule has 2 aliphatic rings. The van der Waals surface area contributed by atoms with Crippen molar-refractivity contribution in [1.82, 2.24) is 15.0 Å². The summed E-state index contributed by atoms with van der Waals surface area (Å²) in [6.45, 7) is 3.51. The van der Waals surface area contributed by atoms with Gasteiger partial charge in [0.25, 0.3) is 0 Å². The maximum absolute atomic E-state index is 9.54. The topological polar surface area (TPSA) is 91.4 Å². The van der Waals surface area contributed by atoms with Crippen LogP contribution in [0.3, 0.4) is 0 Å². The predicted molar refractivity (Wildman–Crippen MR) is 73.1 cm³/mol. The third kappa shape index (κ3) is 2.70. The summed E-state index contributed by atoms with van der Waals surface area (Å²) in [6, 6.07) is 0. The molecule has 2 fully saturated rings. The molecule has 0 saturated carbocycles. The molecule has 2 saturated heterocycles.